The van der Waals surface area contributed by atoms with Gasteiger partial charge in [0.2, 0.25) is 0 Å². The normalized spacial score (nSPS) is 23.6. The van der Waals surface area contributed by atoms with E-state index in [1.54, 1.807) is 12.4 Å². The summed E-state index contributed by atoms with van der Waals surface area (Å²) in [7, 11) is 0. The molecule has 1 aliphatic rings. The first-order chi connectivity index (χ1) is 8.22. The number of thiocarbonyl (C=S) groups is 1. The molecule has 92 valence electrons. The van der Waals surface area contributed by atoms with Gasteiger partial charge in [-0.2, -0.15) is 11.8 Å². The molecule has 6 heteroatoms. The molecule has 0 bridgehead atoms. The summed E-state index contributed by atoms with van der Waals surface area (Å²) in [6, 6.07) is 0.440. The van der Waals surface area contributed by atoms with Crippen molar-refractivity contribution in [2.45, 2.75) is 30.6 Å². The highest BCUT2D eigenvalue weighted by Gasteiger charge is 2.27. The molecular formula is C11H16N4S2. The number of aromatic nitrogens is 2. The van der Waals surface area contributed by atoms with E-state index in [0.29, 0.717) is 27.8 Å². The molecule has 1 aliphatic carbocycles. The largest absolute Gasteiger partial charge is 0.388 e. The van der Waals surface area contributed by atoms with E-state index >= 15 is 0 Å². The van der Waals surface area contributed by atoms with E-state index < -0.39 is 0 Å². The first kappa shape index (κ1) is 12.6. The molecule has 2 rings (SSSR count). The van der Waals surface area contributed by atoms with Gasteiger partial charge in [-0.3, -0.25) is 0 Å². The van der Waals surface area contributed by atoms with Crippen LogP contribution in [-0.2, 0) is 0 Å². The molecule has 0 aromatic carbocycles. The number of hydrogen-bond donors (Lipinski definition) is 2. The standard InChI is InChI=1S/C11H16N4S2/c1-17-8-4-2-3-7(8)15-11-9(10(12)16)13-5-6-14-11/h5-8H,2-4H2,1H3,(H2,12,16)(H,14,15). The van der Waals surface area contributed by atoms with Crippen molar-refractivity contribution >= 4 is 34.8 Å². The second kappa shape index (κ2) is 5.64. The lowest BCUT2D eigenvalue weighted by atomic mass is 10.2. The van der Waals surface area contributed by atoms with Gasteiger partial charge in [0, 0.05) is 23.7 Å². The number of hydrogen-bond acceptors (Lipinski definition) is 5. The van der Waals surface area contributed by atoms with Gasteiger partial charge in [0.1, 0.15) is 10.7 Å². The van der Waals surface area contributed by atoms with Crippen LogP contribution >= 0.6 is 24.0 Å². The average Bonchev–Trinajstić information content (AvgIpc) is 2.77. The van der Waals surface area contributed by atoms with Crippen molar-refractivity contribution in [3.8, 4) is 0 Å². The summed E-state index contributed by atoms with van der Waals surface area (Å²) in [4.78, 5) is 8.75. The maximum Gasteiger partial charge on any atom is 0.155 e. The van der Waals surface area contributed by atoms with Crippen molar-refractivity contribution in [2.75, 3.05) is 11.6 Å². The zero-order valence-electron chi connectivity index (χ0n) is 9.72. The van der Waals surface area contributed by atoms with Crippen LogP contribution in [0.4, 0.5) is 5.82 Å². The van der Waals surface area contributed by atoms with Crippen molar-refractivity contribution < 1.29 is 0 Å². The molecule has 2 unspecified atom stereocenters. The van der Waals surface area contributed by atoms with Crippen LogP contribution in [0.5, 0.6) is 0 Å². The third-order valence-electron chi connectivity index (χ3n) is 3.01. The third kappa shape index (κ3) is 2.87. The van der Waals surface area contributed by atoms with E-state index in [1.165, 1.54) is 19.3 Å². The number of thioether (sulfide) groups is 1. The lowest BCUT2D eigenvalue weighted by molar-refractivity contribution is 0.761. The highest BCUT2D eigenvalue weighted by Crippen LogP contribution is 2.30. The fraction of sp³-hybridized carbons (Fsp3) is 0.545. The molecule has 1 aromatic heterocycles. The van der Waals surface area contributed by atoms with E-state index in [4.69, 9.17) is 18.0 Å². The predicted octanol–water partition coefficient (Wildman–Crippen LogP) is 1.81. The molecule has 0 radical (unpaired) electrons. The number of anilines is 1. The van der Waals surface area contributed by atoms with Gasteiger partial charge in [-0.1, -0.05) is 18.6 Å². The molecule has 1 aromatic rings. The Kier molecular flexibility index (Phi) is 4.17. The Balaban J connectivity index is 2.15. The fourth-order valence-electron chi connectivity index (χ4n) is 2.17. The topological polar surface area (TPSA) is 63.8 Å². The maximum atomic E-state index is 5.64. The summed E-state index contributed by atoms with van der Waals surface area (Å²) < 4.78 is 0. The molecule has 17 heavy (non-hydrogen) atoms. The second-order valence-electron chi connectivity index (χ2n) is 4.07. The minimum Gasteiger partial charge on any atom is -0.388 e. The molecule has 4 nitrogen and oxygen atoms in total. The van der Waals surface area contributed by atoms with E-state index in [2.05, 4.69) is 21.5 Å². The minimum atomic E-state index is 0.291. The Morgan fingerprint density at radius 1 is 1.47 bits per heavy atom. The quantitative estimate of drug-likeness (QED) is 0.812. The lowest BCUT2D eigenvalue weighted by Gasteiger charge is -2.20. The van der Waals surface area contributed by atoms with E-state index in [-0.39, 0.29) is 0 Å². The van der Waals surface area contributed by atoms with Gasteiger partial charge in [-0.25, -0.2) is 9.97 Å². The molecule has 2 atom stereocenters. The summed E-state index contributed by atoms with van der Waals surface area (Å²) in [5, 5.41) is 4.07. The SMILES string of the molecule is CSC1CCCC1Nc1nccnc1C(N)=S. The minimum absolute atomic E-state index is 0.291. The first-order valence-electron chi connectivity index (χ1n) is 5.62. The number of nitrogens with one attached hydrogen (secondary N) is 1. The molecule has 1 fully saturated rings. The van der Waals surface area contributed by atoms with E-state index in [0.717, 1.165) is 0 Å². The van der Waals surface area contributed by atoms with Gasteiger partial charge in [-0.15, -0.1) is 0 Å². The molecule has 0 saturated heterocycles. The summed E-state index contributed by atoms with van der Waals surface area (Å²) >= 11 is 6.88. The van der Waals surface area contributed by atoms with Crippen LogP contribution in [0, 0.1) is 0 Å². The Hall–Kier alpha value is -0.880. The lowest BCUT2D eigenvalue weighted by Crippen LogP contribution is -2.28. The first-order valence-corrected chi connectivity index (χ1v) is 7.32. The molecular weight excluding hydrogens is 252 g/mol. The van der Waals surface area contributed by atoms with Crippen LogP contribution in [0.2, 0.25) is 0 Å². The van der Waals surface area contributed by atoms with Crippen LogP contribution in [-0.4, -0.2) is 32.5 Å². The van der Waals surface area contributed by atoms with Gasteiger partial charge in [0.25, 0.3) is 0 Å². The van der Waals surface area contributed by atoms with Crippen LogP contribution < -0.4 is 11.1 Å². The molecule has 1 saturated carbocycles. The molecule has 0 spiro atoms. The van der Waals surface area contributed by atoms with E-state index in [9.17, 15) is 0 Å². The van der Waals surface area contributed by atoms with Gasteiger partial charge in [0.15, 0.2) is 5.82 Å². The Bertz CT molecular complexity index is 410. The molecule has 1 heterocycles. The summed E-state index contributed by atoms with van der Waals surface area (Å²) in [6.07, 6.45) is 9.09. The van der Waals surface area contributed by atoms with Crippen molar-refractivity contribution in [1.29, 1.82) is 0 Å². The smallest absolute Gasteiger partial charge is 0.155 e. The van der Waals surface area contributed by atoms with Crippen molar-refractivity contribution in [1.82, 2.24) is 9.97 Å². The Labute approximate surface area is 111 Å². The average molecular weight is 268 g/mol. The predicted molar refractivity (Wildman–Crippen MR) is 76.5 cm³/mol. The summed E-state index contributed by atoms with van der Waals surface area (Å²) in [5.41, 5.74) is 6.23. The summed E-state index contributed by atoms with van der Waals surface area (Å²) in [5.74, 6) is 0.714. The Morgan fingerprint density at radius 2 is 2.24 bits per heavy atom. The Morgan fingerprint density at radius 3 is 2.94 bits per heavy atom. The van der Waals surface area contributed by atoms with Gasteiger partial charge >= 0.3 is 0 Å². The van der Waals surface area contributed by atoms with Crippen LogP contribution in [0.25, 0.3) is 0 Å². The maximum absolute atomic E-state index is 5.64. The zero-order valence-corrected chi connectivity index (χ0v) is 11.4. The zero-order chi connectivity index (χ0) is 12.3. The van der Waals surface area contributed by atoms with Crippen LogP contribution in [0.3, 0.4) is 0 Å². The van der Waals surface area contributed by atoms with Crippen LogP contribution in [0.15, 0.2) is 12.4 Å². The second-order valence-corrected chi connectivity index (χ2v) is 5.59. The highest BCUT2D eigenvalue weighted by molar-refractivity contribution is 7.99. The van der Waals surface area contributed by atoms with Gasteiger partial charge in [-0.05, 0) is 19.1 Å². The van der Waals surface area contributed by atoms with Crippen molar-refractivity contribution in [3.05, 3.63) is 18.1 Å². The molecule has 3 N–H and O–H groups in total. The molecule has 0 amide bonds. The molecule has 0 aliphatic heterocycles. The number of nitrogens with zero attached hydrogens (tertiary/aromatic N) is 2. The third-order valence-corrected chi connectivity index (χ3v) is 4.37. The monoisotopic (exact) mass is 268 g/mol. The van der Waals surface area contributed by atoms with Gasteiger partial charge in [0.05, 0.1) is 0 Å². The fourth-order valence-corrected chi connectivity index (χ4v) is 3.26. The highest BCUT2D eigenvalue weighted by atomic mass is 32.2. The van der Waals surface area contributed by atoms with Crippen molar-refractivity contribution in [3.63, 3.8) is 0 Å². The van der Waals surface area contributed by atoms with E-state index in [1.807, 2.05) is 11.8 Å². The van der Waals surface area contributed by atoms with Crippen molar-refractivity contribution in [2.24, 2.45) is 5.73 Å². The van der Waals surface area contributed by atoms with Gasteiger partial charge < -0.3 is 11.1 Å². The summed E-state index contributed by atoms with van der Waals surface area (Å²) in [6.45, 7) is 0. The number of nitrogens with two attached hydrogens (primary N) is 1. The van der Waals surface area contributed by atoms with Crippen LogP contribution in [0.1, 0.15) is 25.0 Å². The number of rotatable bonds is 4.